The molecule has 3 rings (SSSR count). The van der Waals surface area contributed by atoms with E-state index in [1.165, 1.54) is 12.3 Å². The molecular weight excluding hydrogens is 304 g/mol. The summed E-state index contributed by atoms with van der Waals surface area (Å²) in [4.78, 5) is 32.5. The van der Waals surface area contributed by atoms with Gasteiger partial charge in [0.1, 0.15) is 12.4 Å². The van der Waals surface area contributed by atoms with E-state index in [9.17, 15) is 9.59 Å². The van der Waals surface area contributed by atoms with Gasteiger partial charge in [-0.1, -0.05) is 18.2 Å². The summed E-state index contributed by atoms with van der Waals surface area (Å²) < 4.78 is 0. The number of pyridine rings is 1. The van der Waals surface area contributed by atoms with Crippen molar-refractivity contribution in [2.45, 2.75) is 19.9 Å². The SMILES string of the molecule is Cc1ccccc1N1C[C@H](C)N(C(=O)c2ccnc(N)c2)CC1=O. The number of nitrogen functional groups attached to an aromatic ring is 1. The Morgan fingerprint density at radius 2 is 2.04 bits per heavy atom. The molecule has 24 heavy (non-hydrogen) atoms. The molecule has 0 aliphatic carbocycles. The molecule has 1 aliphatic rings. The number of carbonyl (C=O) groups is 2. The maximum atomic E-state index is 12.7. The molecule has 1 aliphatic heterocycles. The van der Waals surface area contributed by atoms with Gasteiger partial charge in [0.15, 0.2) is 0 Å². The van der Waals surface area contributed by atoms with E-state index >= 15 is 0 Å². The molecule has 0 bridgehead atoms. The van der Waals surface area contributed by atoms with Crippen LogP contribution in [0.4, 0.5) is 11.5 Å². The first-order chi connectivity index (χ1) is 11.5. The molecule has 1 aromatic carbocycles. The molecule has 0 spiro atoms. The summed E-state index contributed by atoms with van der Waals surface area (Å²) in [7, 11) is 0. The van der Waals surface area contributed by atoms with E-state index in [2.05, 4.69) is 4.98 Å². The van der Waals surface area contributed by atoms with Crippen LogP contribution in [0.5, 0.6) is 0 Å². The molecule has 0 saturated carbocycles. The summed E-state index contributed by atoms with van der Waals surface area (Å²) in [6.07, 6.45) is 1.50. The van der Waals surface area contributed by atoms with Gasteiger partial charge in [-0.05, 0) is 37.6 Å². The first-order valence-electron chi connectivity index (χ1n) is 7.86. The zero-order valence-electron chi connectivity index (χ0n) is 13.8. The average molecular weight is 324 g/mol. The minimum atomic E-state index is -0.200. The molecule has 2 amide bonds. The minimum absolute atomic E-state index is 0.0521. The second-order valence-corrected chi connectivity index (χ2v) is 6.04. The number of amides is 2. The number of carbonyl (C=O) groups excluding carboxylic acids is 2. The third kappa shape index (κ3) is 2.95. The molecule has 2 heterocycles. The van der Waals surface area contributed by atoms with E-state index in [0.717, 1.165) is 11.3 Å². The molecule has 1 fully saturated rings. The first-order valence-corrected chi connectivity index (χ1v) is 7.86. The lowest BCUT2D eigenvalue weighted by atomic mass is 10.1. The Morgan fingerprint density at radius 3 is 2.75 bits per heavy atom. The van der Waals surface area contributed by atoms with Crippen LogP contribution in [0.3, 0.4) is 0 Å². The zero-order valence-corrected chi connectivity index (χ0v) is 13.8. The number of rotatable bonds is 2. The van der Waals surface area contributed by atoms with Crippen molar-refractivity contribution in [1.82, 2.24) is 9.88 Å². The van der Waals surface area contributed by atoms with E-state index < -0.39 is 0 Å². The number of hydrogen-bond donors (Lipinski definition) is 1. The van der Waals surface area contributed by atoms with Crippen molar-refractivity contribution in [3.63, 3.8) is 0 Å². The van der Waals surface area contributed by atoms with Crippen molar-refractivity contribution < 1.29 is 9.59 Å². The van der Waals surface area contributed by atoms with E-state index in [-0.39, 0.29) is 24.4 Å². The van der Waals surface area contributed by atoms with Crippen LogP contribution in [0.1, 0.15) is 22.8 Å². The monoisotopic (exact) mass is 324 g/mol. The van der Waals surface area contributed by atoms with Crippen molar-refractivity contribution in [1.29, 1.82) is 0 Å². The summed E-state index contributed by atoms with van der Waals surface area (Å²) in [5.41, 5.74) is 8.04. The fourth-order valence-electron chi connectivity index (χ4n) is 2.97. The molecule has 124 valence electrons. The van der Waals surface area contributed by atoms with E-state index in [4.69, 9.17) is 5.73 Å². The Labute approximate surface area is 140 Å². The summed E-state index contributed by atoms with van der Waals surface area (Å²) in [6.45, 7) is 4.44. The van der Waals surface area contributed by atoms with Crippen LogP contribution in [0.15, 0.2) is 42.6 Å². The van der Waals surface area contributed by atoms with Crippen molar-refractivity contribution >= 4 is 23.3 Å². The quantitative estimate of drug-likeness (QED) is 0.914. The smallest absolute Gasteiger partial charge is 0.254 e. The summed E-state index contributed by atoms with van der Waals surface area (Å²) in [6, 6.07) is 10.8. The lowest BCUT2D eigenvalue weighted by Gasteiger charge is -2.39. The van der Waals surface area contributed by atoms with Gasteiger partial charge in [-0.2, -0.15) is 0 Å². The zero-order chi connectivity index (χ0) is 17.3. The highest BCUT2D eigenvalue weighted by atomic mass is 16.2. The van der Waals surface area contributed by atoms with Gasteiger partial charge in [-0.25, -0.2) is 4.98 Å². The number of hydrogen-bond acceptors (Lipinski definition) is 4. The topological polar surface area (TPSA) is 79.5 Å². The molecule has 1 saturated heterocycles. The average Bonchev–Trinajstić information content (AvgIpc) is 2.56. The van der Waals surface area contributed by atoms with Crippen molar-refractivity contribution in [2.24, 2.45) is 0 Å². The molecule has 6 nitrogen and oxygen atoms in total. The van der Waals surface area contributed by atoms with Crippen LogP contribution in [0, 0.1) is 6.92 Å². The number of nitrogens with two attached hydrogens (primary N) is 1. The van der Waals surface area contributed by atoms with Crippen LogP contribution in [-0.4, -0.2) is 40.8 Å². The second kappa shape index (κ2) is 6.31. The maximum absolute atomic E-state index is 12.7. The fourth-order valence-corrected chi connectivity index (χ4v) is 2.97. The molecule has 2 aromatic rings. The number of benzene rings is 1. The van der Waals surface area contributed by atoms with Gasteiger partial charge >= 0.3 is 0 Å². The normalized spacial score (nSPS) is 17.9. The summed E-state index contributed by atoms with van der Waals surface area (Å²) in [5, 5.41) is 0. The van der Waals surface area contributed by atoms with Crippen LogP contribution < -0.4 is 10.6 Å². The van der Waals surface area contributed by atoms with Crippen LogP contribution in [0.2, 0.25) is 0 Å². The number of anilines is 2. The standard InChI is InChI=1S/C18H20N4O2/c1-12-5-3-4-6-15(12)22-10-13(2)21(11-17(22)23)18(24)14-7-8-20-16(19)9-14/h3-9,13H,10-11H2,1-2H3,(H2,19,20)/t13-/m0/s1. The van der Waals surface area contributed by atoms with E-state index in [1.54, 1.807) is 15.9 Å². The molecule has 1 atom stereocenters. The number of para-hydroxylation sites is 1. The van der Waals surface area contributed by atoms with Gasteiger partial charge in [0, 0.05) is 30.0 Å². The van der Waals surface area contributed by atoms with E-state index in [1.807, 2.05) is 38.1 Å². The fraction of sp³-hybridized carbons (Fsp3) is 0.278. The Morgan fingerprint density at radius 1 is 1.29 bits per heavy atom. The van der Waals surface area contributed by atoms with Crippen molar-refractivity contribution in [3.05, 3.63) is 53.7 Å². The largest absolute Gasteiger partial charge is 0.384 e. The molecule has 1 aromatic heterocycles. The van der Waals surface area contributed by atoms with Crippen molar-refractivity contribution in [2.75, 3.05) is 23.7 Å². The third-order valence-corrected chi connectivity index (χ3v) is 4.28. The van der Waals surface area contributed by atoms with Gasteiger partial charge < -0.3 is 15.5 Å². The highest BCUT2D eigenvalue weighted by Crippen LogP contribution is 2.24. The van der Waals surface area contributed by atoms with Gasteiger partial charge in [-0.3, -0.25) is 9.59 Å². The predicted octanol–water partition coefficient (Wildman–Crippen LogP) is 1.85. The van der Waals surface area contributed by atoms with Gasteiger partial charge in [0.2, 0.25) is 5.91 Å². The van der Waals surface area contributed by atoms with Crippen LogP contribution in [-0.2, 0) is 4.79 Å². The van der Waals surface area contributed by atoms with Crippen LogP contribution in [0.25, 0.3) is 0 Å². The van der Waals surface area contributed by atoms with Gasteiger partial charge in [-0.15, -0.1) is 0 Å². The number of piperazine rings is 1. The van der Waals surface area contributed by atoms with Gasteiger partial charge in [0.25, 0.3) is 5.91 Å². The lowest BCUT2D eigenvalue weighted by molar-refractivity contribution is -0.121. The molecular formula is C18H20N4O2. The number of nitrogens with zero attached hydrogens (tertiary/aromatic N) is 3. The van der Waals surface area contributed by atoms with Gasteiger partial charge in [0.05, 0.1) is 0 Å². The Bertz CT molecular complexity index is 790. The Hall–Kier alpha value is -2.89. The molecule has 0 radical (unpaired) electrons. The predicted molar refractivity (Wildman–Crippen MR) is 92.7 cm³/mol. The third-order valence-electron chi connectivity index (χ3n) is 4.28. The Balaban J connectivity index is 1.82. The summed E-state index contributed by atoms with van der Waals surface area (Å²) in [5.74, 6) is 0.00513. The number of aryl methyl sites for hydroxylation is 1. The number of aromatic nitrogens is 1. The highest BCUT2D eigenvalue weighted by Gasteiger charge is 2.34. The maximum Gasteiger partial charge on any atom is 0.254 e. The Kier molecular flexibility index (Phi) is 4.20. The molecule has 0 unspecified atom stereocenters. The van der Waals surface area contributed by atoms with Crippen molar-refractivity contribution in [3.8, 4) is 0 Å². The van der Waals surface area contributed by atoms with Crippen LogP contribution >= 0.6 is 0 Å². The lowest BCUT2D eigenvalue weighted by Crippen LogP contribution is -2.57. The van der Waals surface area contributed by atoms with E-state index in [0.29, 0.717) is 17.9 Å². The highest BCUT2D eigenvalue weighted by molar-refractivity contribution is 6.02. The summed E-state index contributed by atoms with van der Waals surface area (Å²) >= 11 is 0. The second-order valence-electron chi connectivity index (χ2n) is 6.04. The first kappa shape index (κ1) is 16.0. The molecule has 2 N–H and O–H groups in total. The molecule has 6 heteroatoms. The minimum Gasteiger partial charge on any atom is -0.384 e.